The van der Waals surface area contributed by atoms with Crippen molar-refractivity contribution in [3.05, 3.63) is 35.4 Å². The molecule has 18 heavy (non-hydrogen) atoms. The second-order valence-corrected chi connectivity index (χ2v) is 6.33. The second-order valence-electron chi connectivity index (χ2n) is 3.93. The fourth-order valence-corrected chi connectivity index (χ4v) is 2.41. The van der Waals surface area contributed by atoms with Crippen LogP contribution in [-0.2, 0) is 16.0 Å². The van der Waals surface area contributed by atoms with E-state index >= 15 is 0 Å². The molecule has 1 aromatic carbocycles. The van der Waals surface area contributed by atoms with Crippen LogP contribution in [0.1, 0.15) is 24.1 Å². The SMILES string of the molecule is CCS(=O)(=O)CC(N)c1cccc(C(F)(F)F)c1. The Bertz CT molecular complexity index is 511. The molecule has 1 atom stereocenters. The van der Waals surface area contributed by atoms with Crippen molar-refractivity contribution in [2.75, 3.05) is 11.5 Å². The van der Waals surface area contributed by atoms with Crippen LogP contribution in [0, 0.1) is 0 Å². The van der Waals surface area contributed by atoms with Gasteiger partial charge in [-0.2, -0.15) is 13.2 Å². The topological polar surface area (TPSA) is 60.2 Å². The van der Waals surface area contributed by atoms with E-state index in [0.717, 1.165) is 12.1 Å². The molecular weight excluding hydrogens is 267 g/mol. The molecule has 0 spiro atoms. The summed E-state index contributed by atoms with van der Waals surface area (Å²) in [6.45, 7) is 1.47. The monoisotopic (exact) mass is 281 g/mol. The van der Waals surface area contributed by atoms with Gasteiger partial charge in [0, 0.05) is 11.8 Å². The summed E-state index contributed by atoms with van der Waals surface area (Å²) >= 11 is 0. The molecule has 3 nitrogen and oxygen atoms in total. The Morgan fingerprint density at radius 1 is 1.33 bits per heavy atom. The van der Waals surface area contributed by atoms with Crippen molar-refractivity contribution in [3.8, 4) is 0 Å². The van der Waals surface area contributed by atoms with Crippen LogP contribution in [-0.4, -0.2) is 19.9 Å². The number of hydrogen-bond donors (Lipinski definition) is 1. The highest BCUT2D eigenvalue weighted by Crippen LogP contribution is 2.30. The van der Waals surface area contributed by atoms with Crippen LogP contribution in [0.3, 0.4) is 0 Å². The van der Waals surface area contributed by atoms with E-state index in [9.17, 15) is 21.6 Å². The highest BCUT2D eigenvalue weighted by atomic mass is 32.2. The molecule has 1 rings (SSSR count). The predicted octanol–water partition coefficient (Wildman–Crippen LogP) is 2.14. The molecule has 7 heteroatoms. The summed E-state index contributed by atoms with van der Waals surface area (Å²) in [7, 11) is -3.32. The van der Waals surface area contributed by atoms with Gasteiger partial charge in [-0.05, 0) is 17.7 Å². The largest absolute Gasteiger partial charge is 0.416 e. The van der Waals surface area contributed by atoms with Crippen molar-refractivity contribution in [2.45, 2.75) is 19.1 Å². The van der Waals surface area contributed by atoms with Crippen LogP contribution in [0.2, 0.25) is 0 Å². The molecular formula is C11H14F3NO2S. The Hall–Kier alpha value is -1.08. The number of alkyl halides is 3. The lowest BCUT2D eigenvalue weighted by molar-refractivity contribution is -0.137. The van der Waals surface area contributed by atoms with E-state index in [-0.39, 0.29) is 17.1 Å². The quantitative estimate of drug-likeness (QED) is 0.919. The Balaban J connectivity index is 2.97. The van der Waals surface area contributed by atoms with Crippen LogP contribution >= 0.6 is 0 Å². The van der Waals surface area contributed by atoms with Gasteiger partial charge in [0.1, 0.15) is 0 Å². The molecule has 2 N–H and O–H groups in total. The zero-order chi connectivity index (χ0) is 14.0. The maximum absolute atomic E-state index is 12.5. The fraction of sp³-hybridized carbons (Fsp3) is 0.455. The Morgan fingerprint density at radius 3 is 2.44 bits per heavy atom. The van der Waals surface area contributed by atoms with Crippen LogP contribution in [0.5, 0.6) is 0 Å². The van der Waals surface area contributed by atoms with Crippen molar-refractivity contribution < 1.29 is 21.6 Å². The molecule has 0 saturated heterocycles. The van der Waals surface area contributed by atoms with Crippen molar-refractivity contribution in [1.82, 2.24) is 0 Å². The van der Waals surface area contributed by atoms with Gasteiger partial charge in [-0.3, -0.25) is 0 Å². The molecule has 0 aliphatic carbocycles. The minimum atomic E-state index is -4.46. The third-order valence-corrected chi connectivity index (χ3v) is 4.26. The van der Waals surface area contributed by atoms with Gasteiger partial charge in [0.2, 0.25) is 0 Å². The summed E-state index contributed by atoms with van der Waals surface area (Å²) in [6, 6.07) is 3.47. The third kappa shape index (κ3) is 3.99. The number of sulfone groups is 1. The van der Waals surface area contributed by atoms with E-state index in [1.54, 1.807) is 0 Å². The first-order valence-electron chi connectivity index (χ1n) is 5.29. The summed E-state index contributed by atoms with van der Waals surface area (Å²) in [4.78, 5) is 0. The van der Waals surface area contributed by atoms with E-state index in [1.165, 1.54) is 19.1 Å². The summed E-state index contributed by atoms with van der Waals surface area (Å²) in [5, 5.41) is 0. The van der Waals surface area contributed by atoms with Crippen molar-refractivity contribution in [2.24, 2.45) is 5.73 Å². The molecule has 0 fully saturated rings. The maximum atomic E-state index is 12.5. The summed E-state index contributed by atoms with van der Waals surface area (Å²) in [5.41, 5.74) is 4.96. The van der Waals surface area contributed by atoms with Gasteiger partial charge in [-0.1, -0.05) is 19.1 Å². The number of hydrogen-bond acceptors (Lipinski definition) is 3. The van der Waals surface area contributed by atoms with E-state index in [4.69, 9.17) is 5.73 Å². The molecule has 0 amide bonds. The fourth-order valence-electron chi connectivity index (χ4n) is 1.43. The lowest BCUT2D eigenvalue weighted by Gasteiger charge is -2.14. The molecule has 102 valence electrons. The van der Waals surface area contributed by atoms with Gasteiger partial charge in [0.05, 0.1) is 11.3 Å². The van der Waals surface area contributed by atoms with E-state index in [2.05, 4.69) is 0 Å². The zero-order valence-corrected chi connectivity index (χ0v) is 10.6. The molecule has 0 aliphatic heterocycles. The first-order chi connectivity index (χ1) is 8.15. The van der Waals surface area contributed by atoms with Crippen LogP contribution < -0.4 is 5.73 Å². The predicted molar refractivity (Wildman–Crippen MR) is 62.7 cm³/mol. The zero-order valence-electron chi connectivity index (χ0n) is 9.74. The molecule has 0 radical (unpaired) electrons. The van der Waals surface area contributed by atoms with Gasteiger partial charge < -0.3 is 5.73 Å². The van der Waals surface area contributed by atoms with Crippen LogP contribution in [0.25, 0.3) is 0 Å². The number of rotatable bonds is 4. The van der Waals surface area contributed by atoms with Gasteiger partial charge in [0.15, 0.2) is 9.84 Å². The average molecular weight is 281 g/mol. The van der Waals surface area contributed by atoms with Crippen LogP contribution in [0.15, 0.2) is 24.3 Å². The number of benzene rings is 1. The van der Waals surface area contributed by atoms with Crippen molar-refractivity contribution in [3.63, 3.8) is 0 Å². The molecule has 0 aliphatic rings. The average Bonchev–Trinajstić information content (AvgIpc) is 2.27. The third-order valence-electron chi connectivity index (χ3n) is 2.52. The Morgan fingerprint density at radius 2 is 1.94 bits per heavy atom. The van der Waals surface area contributed by atoms with E-state index < -0.39 is 27.6 Å². The first kappa shape index (κ1) is 15.0. The van der Waals surface area contributed by atoms with E-state index in [0.29, 0.717) is 0 Å². The molecule has 0 aromatic heterocycles. The lowest BCUT2D eigenvalue weighted by Crippen LogP contribution is -2.23. The normalized spacial score (nSPS) is 14.5. The number of halogens is 3. The lowest BCUT2D eigenvalue weighted by atomic mass is 10.1. The van der Waals surface area contributed by atoms with Crippen molar-refractivity contribution >= 4 is 9.84 Å². The molecule has 0 heterocycles. The molecule has 1 unspecified atom stereocenters. The first-order valence-corrected chi connectivity index (χ1v) is 7.11. The van der Waals surface area contributed by atoms with Gasteiger partial charge >= 0.3 is 6.18 Å². The second kappa shape index (κ2) is 5.27. The smallest absolute Gasteiger partial charge is 0.323 e. The summed E-state index contributed by atoms with van der Waals surface area (Å²) < 4.78 is 60.2. The standard InChI is InChI=1S/C11H14F3NO2S/c1-2-18(16,17)7-10(15)8-4-3-5-9(6-8)11(12,13)14/h3-6,10H,2,7,15H2,1H3. The molecule has 1 aromatic rings. The molecule has 0 bridgehead atoms. The van der Waals surface area contributed by atoms with Crippen molar-refractivity contribution in [1.29, 1.82) is 0 Å². The molecule has 0 saturated carbocycles. The van der Waals surface area contributed by atoms with Gasteiger partial charge in [-0.15, -0.1) is 0 Å². The summed E-state index contributed by atoms with van der Waals surface area (Å²) in [6.07, 6.45) is -4.46. The Labute approximate surface area is 104 Å². The van der Waals surface area contributed by atoms with Gasteiger partial charge in [-0.25, -0.2) is 8.42 Å². The minimum absolute atomic E-state index is 0.0837. The highest BCUT2D eigenvalue weighted by Gasteiger charge is 2.31. The number of nitrogens with two attached hydrogens (primary N) is 1. The van der Waals surface area contributed by atoms with E-state index in [1.807, 2.05) is 0 Å². The Kier molecular flexibility index (Phi) is 4.39. The van der Waals surface area contributed by atoms with Gasteiger partial charge in [0.25, 0.3) is 0 Å². The highest BCUT2D eigenvalue weighted by molar-refractivity contribution is 7.91. The maximum Gasteiger partial charge on any atom is 0.416 e. The minimum Gasteiger partial charge on any atom is -0.323 e. The summed E-state index contributed by atoms with van der Waals surface area (Å²) in [5.74, 6) is -0.440. The van der Waals surface area contributed by atoms with Crippen LogP contribution in [0.4, 0.5) is 13.2 Å².